The third-order valence-corrected chi connectivity index (χ3v) is 6.65. The Hall–Kier alpha value is -2.38. The van der Waals surface area contributed by atoms with Crippen molar-refractivity contribution in [2.45, 2.75) is 37.6 Å². The maximum Gasteiger partial charge on any atom is 0.243 e. The Balaban J connectivity index is 1.76. The molecule has 3 rings (SSSR count). The van der Waals surface area contributed by atoms with Crippen LogP contribution in [0.15, 0.2) is 58.4 Å². The standard InChI is InChI=1S/C20H26N4O2S/c1-16-9-11-18(12-10-16)23-20(21)22-15-17-7-3-4-8-19(17)27(25,26)24-13-5-2-6-14-24/h3-4,7-12H,2,5-6,13-15H2,1H3,(H3,21,22,23). The average Bonchev–Trinajstić information content (AvgIpc) is 2.69. The molecule has 0 unspecified atom stereocenters. The number of nitrogens with zero attached hydrogens (tertiary/aromatic N) is 2. The number of nitrogens with two attached hydrogens (primary N) is 1. The Bertz CT molecular complexity index is 902. The highest BCUT2D eigenvalue weighted by atomic mass is 32.2. The summed E-state index contributed by atoms with van der Waals surface area (Å²) in [7, 11) is -3.50. The van der Waals surface area contributed by atoms with E-state index in [0.29, 0.717) is 23.5 Å². The molecule has 0 atom stereocenters. The molecule has 27 heavy (non-hydrogen) atoms. The van der Waals surface area contributed by atoms with Gasteiger partial charge in [-0.05, 0) is 43.5 Å². The second-order valence-electron chi connectivity index (χ2n) is 6.76. The van der Waals surface area contributed by atoms with Gasteiger partial charge in [-0.15, -0.1) is 0 Å². The van der Waals surface area contributed by atoms with Gasteiger partial charge in [0, 0.05) is 18.8 Å². The smallest absolute Gasteiger partial charge is 0.243 e. The number of benzene rings is 2. The summed E-state index contributed by atoms with van der Waals surface area (Å²) in [6.45, 7) is 3.38. The summed E-state index contributed by atoms with van der Waals surface area (Å²) in [5.41, 5.74) is 8.63. The van der Waals surface area contributed by atoms with Crippen LogP contribution >= 0.6 is 0 Å². The third kappa shape index (κ3) is 4.87. The molecule has 0 saturated carbocycles. The highest BCUT2D eigenvalue weighted by Crippen LogP contribution is 2.24. The lowest BCUT2D eigenvalue weighted by Crippen LogP contribution is -2.36. The molecular formula is C20H26N4O2S. The van der Waals surface area contributed by atoms with E-state index >= 15 is 0 Å². The van der Waals surface area contributed by atoms with Crippen molar-refractivity contribution < 1.29 is 8.42 Å². The molecule has 0 aromatic heterocycles. The quantitative estimate of drug-likeness (QED) is 0.610. The molecule has 2 aromatic rings. The van der Waals surface area contributed by atoms with Gasteiger partial charge in [-0.3, -0.25) is 0 Å². The third-order valence-electron chi connectivity index (χ3n) is 4.65. The highest BCUT2D eigenvalue weighted by molar-refractivity contribution is 7.89. The largest absolute Gasteiger partial charge is 0.370 e. The molecule has 144 valence electrons. The van der Waals surface area contributed by atoms with Gasteiger partial charge >= 0.3 is 0 Å². The second kappa shape index (κ2) is 8.54. The molecule has 6 nitrogen and oxygen atoms in total. The number of piperidine rings is 1. The topological polar surface area (TPSA) is 87.8 Å². The van der Waals surface area contributed by atoms with E-state index in [0.717, 1.165) is 30.5 Å². The summed E-state index contributed by atoms with van der Waals surface area (Å²) in [5.74, 6) is 0.254. The van der Waals surface area contributed by atoms with Gasteiger partial charge in [0.05, 0.1) is 11.4 Å². The van der Waals surface area contributed by atoms with E-state index in [4.69, 9.17) is 5.73 Å². The lowest BCUT2D eigenvalue weighted by Gasteiger charge is -2.26. The Morgan fingerprint density at radius 3 is 2.44 bits per heavy atom. The zero-order chi connectivity index (χ0) is 19.3. The molecule has 1 aliphatic rings. The SMILES string of the molecule is Cc1ccc(NC(N)=NCc2ccccc2S(=O)(=O)N2CCCCC2)cc1. The minimum Gasteiger partial charge on any atom is -0.370 e. The predicted molar refractivity (Wildman–Crippen MR) is 109 cm³/mol. The Labute approximate surface area is 161 Å². The van der Waals surface area contributed by atoms with Gasteiger partial charge in [0.1, 0.15) is 0 Å². The molecule has 0 aliphatic carbocycles. The fourth-order valence-electron chi connectivity index (χ4n) is 3.13. The van der Waals surface area contributed by atoms with E-state index in [-0.39, 0.29) is 12.5 Å². The second-order valence-corrected chi connectivity index (χ2v) is 8.67. The van der Waals surface area contributed by atoms with Crippen LogP contribution in [0, 0.1) is 6.92 Å². The first kappa shape index (κ1) is 19.4. The van der Waals surface area contributed by atoms with Gasteiger partial charge in [-0.2, -0.15) is 4.31 Å². The van der Waals surface area contributed by atoms with Crippen molar-refractivity contribution in [1.82, 2.24) is 4.31 Å². The van der Waals surface area contributed by atoms with Gasteiger partial charge in [-0.25, -0.2) is 13.4 Å². The fourth-order valence-corrected chi connectivity index (χ4v) is 4.86. The van der Waals surface area contributed by atoms with Crippen LogP contribution in [0.1, 0.15) is 30.4 Å². The number of hydrogen-bond donors (Lipinski definition) is 2. The van der Waals surface area contributed by atoms with Crippen molar-refractivity contribution in [3.05, 3.63) is 59.7 Å². The van der Waals surface area contributed by atoms with Crippen molar-refractivity contribution in [3.63, 3.8) is 0 Å². The van der Waals surface area contributed by atoms with E-state index in [1.165, 1.54) is 0 Å². The van der Waals surface area contributed by atoms with Crippen LogP contribution in [0.4, 0.5) is 5.69 Å². The maximum atomic E-state index is 13.0. The fraction of sp³-hybridized carbons (Fsp3) is 0.350. The first-order valence-corrected chi connectivity index (χ1v) is 10.6. The summed E-state index contributed by atoms with van der Waals surface area (Å²) in [6.07, 6.45) is 2.90. The van der Waals surface area contributed by atoms with Crippen LogP contribution in [0.5, 0.6) is 0 Å². The molecular weight excluding hydrogens is 360 g/mol. The summed E-state index contributed by atoms with van der Waals surface area (Å²) in [5, 5.41) is 3.03. The molecule has 0 amide bonds. The minimum absolute atomic E-state index is 0.202. The minimum atomic E-state index is -3.50. The van der Waals surface area contributed by atoms with Gasteiger partial charge in [-0.1, -0.05) is 42.3 Å². The van der Waals surface area contributed by atoms with E-state index in [9.17, 15) is 8.42 Å². The molecule has 1 aliphatic heterocycles. The van der Waals surface area contributed by atoms with Crippen molar-refractivity contribution >= 4 is 21.7 Å². The van der Waals surface area contributed by atoms with Crippen LogP contribution in [-0.2, 0) is 16.6 Å². The maximum absolute atomic E-state index is 13.0. The van der Waals surface area contributed by atoms with Crippen molar-refractivity contribution in [2.75, 3.05) is 18.4 Å². The molecule has 0 bridgehead atoms. The molecule has 2 aromatic carbocycles. The van der Waals surface area contributed by atoms with Crippen molar-refractivity contribution in [1.29, 1.82) is 0 Å². The van der Waals surface area contributed by atoms with Gasteiger partial charge in [0.15, 0.2) is 5.96 Å². The van der Waals surface area contributed by atoms with Gasteiger partial charge in [0.2, 0.25) is 10.0 Å². The average molecular weight is 387 g/mol. The van der Waals surface area contributed by atoms with Crippen LogP contribution in [-0.4, -0.2) is 31.8 Å². The molecule has 1 heterocycles. The first-order valence-electron chi connectivity index (χ1n) is 9.18. The van der Waals surface area contributed by atoms with Crippen LogP contribution in [0.25, 0.3) is 0 Å². The number of nitrogens with one attached hydrogen (secondary N) is 1. The number of hydrogen-bond acceptors (Lipinski definition) is 3. The summed E-state index contributed by atoms with van der Waals surface area (Å²) in [4.78, 5) is 4.65. The van der Waals surface area contributed by atoms with E-state index in [2.05, 4.69) is 10.3 Å². The Morgan fingerprint density at radius 2 is 1.74 bits per heavy atom. The lowest BCUT2D eigenvalue weighted by molar-refractivity contribution is 0.346. The Kier molecular flexibility index (Phi) is 6.13. The zero-order valence-corrected chi connectivity index (χ0v) is 16.4. The van der Waals surface area contributed by atoms with Crippen molar-refractivity contribution in [3.8, 4) is 0 Å². The normalized spacial score (nSPS) is 16.3. The Morgan fingerprint density at radius 1 is 1.07 bits per heavy atom. The number of sulfonamides is 1. The monoisotopic (exact) mass is 386 g/mol. The van der Waals surface area contributed by atoms with E-state index < -0.39 is 10.0 Å². The van der Waals surface area contributed by atoms with E-state index in [1.807, 2.05) is 37.3 Å². The number of guanidine groups is 1. The lowest BCUT2D eigenvalue weighted by atomic mass is 10.2. The summed E-state index contributed by atoms with van der Waals surface area (Å²) in [6, 6.07) is 14.8. The number of aryl methyl sites for hydroxylation is 1. The number of rotatable bonds is 5. The van der Waals surface area contributed by atoms with Gasteiger partial charge < -0.3 is 11.1 Å². The molecule has 0 spiro atoms. The molecule has 1 saturated heterocycles. The van der Waals surface area contributed by atoms with E-state index in [1.54, 1.807) is 22.5 Å². The molecule has 7 heteroatoms. The summed E-state index contributed by atoms with van der Waals surface area (Å²) < 4.78 is 27.6. The van der Waals surface area contributed by atoms with Crippen LogP contribution in [0.2, 0.25) is 0 Å². The molecule has 3 N–H and O–H groups in total. The summed E-state index contributed by atoms with van der Waals surface area (Å²) >= 11 is 0. The molecule has 0 radical (unpaired) electrons. The highest BCUT2D eigenvalue weighted by Gasteiger charge is 2.27. The van der Waals surface area contributed by atoms with Crippen LogP contribution in [0.3, 0.4) is 0 Å². The number of aliphatic imine (C=N–C) groups is 1. The predicted octanol–water partition coefficient (Wildman–Crippen LogP) is 3.10. The number of anilines is 1. The van der Waals surface area contributed by atoms with Gasteiger partial charge in [0.25, 0.3) is 0 Å². The first-order chi connectivity index (χ1) is 13.0. The molecule has 1 fully saturated rings. The zero-order valence-electron chi connectivity index (χ0n) is 15.6. The van der Waals surface area contributed by atoms with Crippen molar-refractivity contribution in [2.24, 2.45) is 10.7 Å². The van der Waals surface area contributed by atoms with Crippen LogP contribution < -0.4 is 11.1 Å².